The van der Waals surface area contributed by atoms with Crippen molar-refractivity contribution in [3.8, 4) is 0 Å². The first-order valence-electron chi connectivity index (χ1n) is 9.51. The molecule has 1 aromatic carbocycles. The van der Waals surface area contributed by atoms with Crippen molar-refractivity contribution in [1.82, 2.24) is 5.32 Å². The van der Waals surface area contributed by atoms with Gasteiger partial charge in [0.25, 0.3) is 0 Å². The summed E-state index contributed by atoms with van der Waals surface area (Å²) in [5.41, 5.74) is 2.75. The second kappa shape index (κ2) is 8.66. The van der Waals surface area contributed by atoms with Crippen molar-refractivity contribution in [3.05, 3.63) is 35.4 Å². The van der Waals surface area contributed by atoms with Gasteiger partial charge in [0.15, 0.2) is 0 Å². The zero-order valence-corrected chi connectivity index (χ0v) is 15.6. The van der Waals surface area contributed by atoms with E-state index in [1.807, 2.05) is 0 Å². The summed E-state index contributed by atoms with van der Waals surface area (Å²) in [4.78, 5) is 11.1. The second-order valence-corrected chi connectivity index (χ2v) is 7.75. The molecule has 2 atom stereocenters. The highest BCUT2D eigenvalue weighted by molar-refractivity contribution is 5.70. The summed E-state index contributed by atoms with van der Waals surface area (Å²) in [5.74, 6) is 0.345. The fraction of sp³-hybridized carbons (Fsp3) is 0.667. The zero-order chi connectivity index (χ0) is 17.7. The smallest absolute Gasteiger partial charge is 0.306 e. The van der Waals surface area contributed by atoms with Crippen LogP contribution in [-0.2, 0) is 4.79 Å². The molecule has 1 fully saturated rings. The van der Waals surface area contributed by atoms with Gasteiger partial charge in [-0.25, -0.2) is 0 Å². The van der Waals surface area contributed by atoms with E-state index in [0.717, 1.165) is 32.1 Å². The van der Waals surface area contributed by atoms with E-state index in [1.54, 1.807) is 0 Å². The maximum atomic E-state index is 11.1. The molecule has 0 radical (unpaired) electrons. The van der Waals surface area contributed by atoms with E-state index in [-0.39, 0.29) is 5.92 Å². The van der Waals surface area contributed by atoms with Crippen LogP contribution < -0.4 is 5.32 Å². The number of carboxylic acids is 1. The molecule has 1 aromatic rings. The van der Waals surface area contributed by atoms with Crippen molar-refractivity contribution in [2.75, 3.05) is 0 Å². The highest BCUT2D eigenvalue weighted by Crippen LogP contribution is 2.30. The summed E-state index contributed by atoms with van der Waals surface area (Å²) in [6.45, 7) is 9.00. The van der Waals surface area contributed by atoms with Crippen LogP contribution in [0.2, 0.25) is 0 Å². The van der Waals surface area contributed by atoms with Crippen molar-refractivity contribution >= 4 is 5.97 Å². The van der Waals surface area contributed by atoms with Gasteiger partial charge in [-0.05, 0) is 55.1 Å². The van der Waals surface area contributed by atoms with Gasteiger partial charge in [-0.15, -0.1) is 0 Å². The zero-order valence-electron chi connectivity index (χ0n) is 15.6. The van der Waals surface area contributed by atoms with Gasteiger partial charge in [-0.2, -0.15) is 0 Å². The maximum absolute atomic E-state index is 11.1. The van der Waals surface area contributed by atoms with E-state index in [2.05, 4.69) is 57.3 Å². The van der Waals surface area contributed by atoms with Gasteiger partial charge >= 0.3 is 5.97 Å². The summed E-state index contributed by atoms with van der Waals surface area (Å²) in [7, 11) is 0. The number of carbonyl (C=O) groups is 1. The summed E-state index contributed by atoms with van der Waals surface area (Å²) in [5, 5.41) is 12.9. The lowest BCUT2D eigenvalue weighted by Crippen LogP contribution is -2.39. The van der Waals surface area contributed by atoms with E-state index >= 15 is 0 Å². The fourth-order valence-corrected chi connectivity index (χ4v) is 3.70. The first-order valence-corrected chi connectivity index (χ1v) is 9.51. The Bertz CT molecular complexity index is 515. The fourth-order valence-electron chi connectivity index (χ4n) is 3.70. The molecule has 0 amide bonds. The predicted octanol–water partition coefficient (Wildman–Crippen LogP) is 5.13. The summed E-state index contributed by atoms with van der Waals surface area (Å²) >= 11 is 0. The Morgan fingerprint density at radius 3 is 2.08 bits per heavy atom. The number of aliphatic carboxylic acids is 1. The Morgan fingerprint density at radius 1 is 1.08 bits per heavy atom. The minimum atomic E-state index is -0.630. The van der Waals surface area contributed by atoms with E-state index < -0.39 is 5.97 Å². The van der Waals surface area contributed by atoms with Crippen LogP contribution in [0, 0.1) is 11.8 Å². The Hall–Kier alpha value is -1.35. The van der Waals surface area contributed by atoms with Crippen LogP contribution in [0.1, 0.15) is 82.9 Å². The first-order chi connectivity index (χ1) is 11.4. The number of hydrogen-bond donors (Lipinski definition) is 2. The number of benzene rings is 1. The molecule has 0 saturated heterocycles. The first kappa shape index (κ1) is 19.0. The third-order valence-corrected chi connectivity index (χ3v) is 5.64. The van der Waals surface area contributed by atoms with Gasteiger partial charge in [-0.1, -0.05) is 52.0 Å². The monoisotopic (exact) mass is 331 g/mol. The standard InChI is InChI=1S/C21H33NO2/c1-5-15(4)16-6-8-17(9-7-16)20(14(2)3)22-19-12-10-18(11-13-19)21(23)24/h6-9,14-15,18-20,22H,5,10-13H2,1-4H3,(H,23,24). The highest BCUT2D eigenvalue weighted by Gasteiger charge is 2.28. The van der Waals surface area contributed by atoms with Crippen LogP contribution in [0.5, 0.6) is 0 Å². The Balaban J connectivity index is 2.01. The molecule has 1 aliphatic carbocycles. The number of rotatable bonds is 7. The van der Waals surface area contributed by atoms with Gasteiger partial charge in [0.05, 0.1) is 5.92 Å². The molecular formula is C21H33NO2. The molecule has 0 heterocycles. The van der Waals surface area contributed by atoms with Gasteiger partial charge in [0, 0.05) is 12.1 Å². The molecule has 1 aliphatic rings. The van der Waals surface area contributed by atoms with Crippen LogP contribution in [0.3, 0.4) is 0 Å². The maximum Gasteiger partial charge on any atom is 0.306 e. The largest absolute Gasteiger partial charge is 0.481 e. The number of hydrogen-bond acceptors (Lipinski definition) is 2. The molecule has 2 N–H and O–H groups in total. The van der Waals surface area contributed by atoms with E-state index in [1.165, 1.54) is 11.1 Å². The highest BCUT2D eigenvalue weighted by atomic mass is 16.4. The second-order valence-electron chi connectivity index (χ2n) is 7.75. The minimum absolute atomic E-state index is 0.143. The third kappa shape index (κ3) is 4.83. The van der Waals surface area contributed by atoms with Gasteiger partial charge in [-0.3, -0.25) is 4.79 Å². The van der Waals surface area contributed by atoms with Crippen LogP contribution in [0.15, 0.2) is 24.3 Å². The molecule has 0 bridgehead atoms. The Kier molecular flexibility index (Phi) is 6.85. The SMILES string of the molecule is CCC(C)c1ccc(C(NC2CCC(C(=O)O)CC2)C(C)C)cc1. The topological polar surface area (TPSA) is 49.3 Å². The van der Waals surface area contributed by atoms with Gasteiger partial charge in [0.2, 0.25) is 0 Å². The summed E-state index contributed by atoms with van der Waals surface area (Å²) < 4.78 is 0. The van der Waals surface area contributed by atoms with Crippen LogP contribution in [-0.4, -0.2) is 17.1 Å². The Morgan fingerprint density at radius 2 is 1.62 bits per heavy atom. The lowest BCUT2D eigenvalue weighted by Gasteiger charge is -2.33. The van der Waals surface area contributed by atoms with E-state index in [9.17, 15) is 4.79 Å². The van der Waals surface area contributed by atoms with Crippen LogP contribution in [0.4, 0.5) is 0 Å². The number of carboxylic acid groups (broad SMARTS) is 1. The van der Waals surface area contributed by atoms with Crippen molar-refractivity contribution in [1.29, 1.82) is 0 Å². The lowest BCUT2D eigenvalue weighted by molar-refractivity contribution is -0.142. The lowest BCUT2D eigenvalue weighted by atomic mass is 9.84. The van der Waals surface area contributed by atoms with Gasteiger partial charge < -0.3 is 10.4 Å². The van der Waals surface area contributed by atoms with Crippen molar-refractivity contribution < 1.29 is 9.90 Å². The molecule has 0 aromatic heterocycles. The Labute approximate surface area is 146 Å². The summed E-state index contributed by atoms with van der Waals surface area (Å²) in [6, 6.07) is 9.83. The molecule has 2 rings (SSSR count). The third-order valence-electron chi connectivity index (χ3n) is 5.64. The number of nitrogens with one attached hydrogen (secondary N) is 1. The van der Waals surface area contributed by atoms with E-state index in [0.29, 0.717) is 23.9 Å². The molecule has 1 saturated carbocycles. The van der Waals surface area contributed by atoms with Crippen molar-refractivity contribution in [2.24, 2.45) is 11.8 Å². The minimum Gasteiger partial charge on any atom is -0.481 e. The molecule has 3 nitrogen and oxygen atoms in total. The molecule has 134 valence electrons. The van der Waals surface area contributed by atoms with Crippen molar-refractivity contribution in [2.45, 2.75) is 77.8 Å². The van der Waals surface area contributed by atoms with E-state index in [4.69, 9.17) is 5.11 Å². The molecule has 24 heavy (non-hydrogen) atoms. The molecular weight excluding hydrogens is 298 g/mol. The van der Waals surface area contributed by atoms with Crippen molar-refractivity contribution in [3.63, 3.8) is 0 Å². The average Bonchev–Trinajstić information content (AvgIpc) is 2.59. The predicted molar refractivity (Wildman–Crippen MR) is 99.2 cm³/mol. The van der Waals surface area contributed by atoms with Gasteiger partial charge in [0.1, 0.15) is 0 Å². The molecule has 3 heteroatoms. The molecule has 2 unspecified atom stereocenters. The molecule has 0 aliphatic heterocycles. The average molecular weight is 332 g/mol. The quantitative estimate of drug-likeness (QED) is 0.728. The van der Waals surface area contributed by atoms with Crippen LogP contribution >= 0.6 is 0 Å². The summed E-state index contributed by atoms with van der Waals surface area (Å²) in [6.07, 6.45) is 4.68. The van der Waals surface area contributed by atoms with Crippen LogP contribution in [0.25, 0.3) is 0 Å². The normalized spacial score (nSPS) is 23.9. The molecule has 0 spiro atoms.